The van der Waals surface area contributed by atoms with E-state index in [1.54, 1.807) is 18.2 Å². The highest BCUT2D eigenvalue weighted by Crippen LogP contribution is 2.20. The third-order valence-corrected chi connectivity index (χ3v) is 4.62. The molecule has 0 bridgehead atoms. The number of ether oxygens (including phenoxy) is 1. The van der Waals surface area contributed by atoms with E-state index in [0.717, 1.165) is 4.41 Å². The molecule has 0 aliphatic carbocycles. The number of methoxy groups -OCH3 is 1. The van der Waals surface area contributed by atoms with Gasteiger partial charge in [0, 0.05) is 13.0 Å². The Labute approximate surface area is 116 Å². The number of hydrazine groups is 1. The van der Waals surface area contributed by atoms with Crippen LogP contribution in [-0.2, 0) is 24.3 Å². The maximum atomic E-state index is 12.3. The minimum absolute atomic E-state index is 0.0471. The fourth-order valence-corrected chi connectivity index (χ4v) is 3.28. The van der Waals surface area contributed by atoms with Gasteiger partial charge in [0.25, 0.3) is 10.0 Å². The number of sulfonamides is 1. The van der Waals surface area contributed by atoms with Gasteiger partial charge in [0.1, 0.15) is 0 Å². The van der Waals surface area contributed by atoms with Crippen molar-refractivity contribution >= 4 is 21.9 Å². The fourth-order valence-electron chi connectivity index (χ4n) is 1.92. The number of benzene rings is 1. The van der Waals surface area contributed by atoms with Crippen molar-refractivity contribution < 1.29 is 22.7 Å². The number of rotatable bonds is 3. The second kappa shape index (κ2) is 5.59. The van der Waals surface area contributed by atoms with E-state index in [-0.39, 0.29) is 17.9 Å². The van der Waals surface area contributed by atoms with Crippen molar-refractivity contribution in [1.29, 1.82) is 0 Å². The van der Waals surface area contributed by atoms with Crippen molar-refractivity contribution in [3.8, 4) is 0 Å². The van der Waals surface area contributed by atoms with Gasteiger partial charge in [-0.3, -0.25) is 15.0 Å². The van der Waals surface area contributed by atoms with E-state index in [2.05, 4.69) is 10.2 Å². The third kappa shape index (κ3) is 2.81. The molecule has 108 valence electrons. The van der Waals surface area contributed by atoms with Crippen molar-refractivity contribution in [2.45, 2.75) is 11.3 Å². The Bertz CT molecular complexity index is 614. The Kier molecular flexibility index (Phi) is 4.05. The molecule has 20 heavy (non-hydrogen) atoms. The standard InChI is InChI=1S/C12H14N2O5S/c1-19-12(16)9-7-11(15)13-14(8-9)20(17,18)10-5-3-2-4-6-10/h2-6,9H,7-8H2,1H3,(H,13,15). The molecule has 0 spiro atoms. The van der Waals surface area contributed by atoms with Gasteiger partial charge in [-0.15, -0.1) is 4.41 Å². The molecule has 1 aliphatic heterocycles. The topological polar surface area (TPSA) is 92.8 Å². The van der Waals surface area contributed by atoms with E-state index in [0.29, 0.717) is 0 Å². The maximum absolute atomic E-state index is 12.3. The highest BCUT2D eigenvalue weighted by molar-refractivity contribution is 7.89. The van der Waals surface area contributed by atoms with Crippen LogP contribution in [0.1, 0.15) is 6.42 Å². The Morgan fingerprint density at radius 3 is 2.60 bits per heavy atom. The predicted octanol–water partition coefficient (Wildman–Crippen LogP) is -0.0986. The zero-order valence-corrected chi connectivity index (χ0v) is 11.6. The molecule has 0 radical (unpaired) electrons. The van der Waals surface area contributed by atoms with Gasteiger partial charge in [-0.2, -0.15) is 0 Å². The first-order chi connectivity index (χ1) is 9.45. The van der Waals surface area contributed by atoms with Gasteiger partial charge < -0.3 is 4.74 Å². The Hall–Kier alpha value is -1.93. The van der Waals surface area contributed by atoms with Gasteiger partial charge in [-0.1, -0.05) is 18.2 Å². The number of nitrogens with one attached hydrogen (secondary N) is 1. The molecular formula is C12H14N2O5S. The van der Waals surface area contributed by atoms with Crippen LogP contribution in [0.2, 0.25) is 0 Å². The van der Waals surface area contributed by atoms with E-state index in [1.807, 2.05) is 0 Å². The van der Waals surface area contributed by atoms with Crippen LogP contribution < -0.4 is 5.43 Å². The summed E-state index contributed by atoms with van der Waals surface area (Å²) >= 11 is 0. The zero-order valence-electron chi connectivity index (χ0n) is 10.8. The number of carbonyl (C=O) groups is 2. The molecule has 1 amide bonds. The lowest BCUT2D eigenvalue weighted by atomic mass is 10.0. The Balaban J connectivity index is 2.28. The molecule has 0 aromatic heterocycles. The molecule has 0 saturated carbocycles. The lowest BCUT2D eigenvalue weighted by Gasteiger charge is -2.30. The summed E-state index contributed by atoms with van der Waals surface area (Å²) in [6, 6.07) is 7.68. The van der Waals surface area contributed by atoms with E-state index in [4.69, 9.17) is 0 Å². The van der Waals surface area contributed by atoms with Gasteiger partial charge in [0.15, 0.2) is 0 Å². The normalized spacial score (nSPS) is 20.2. The highest BCUT2D eigenvalue weighted by Gasteiger charge is 2.37. The summed E-state index contributed by atoms with van der Waals surface area (Å²) in [6.07, 6.45) is -0.0898. The lowest BCUT2D eigenvalue weighted by Crippen LogP contribution is -2.54. The molecule has 1 heterocycles. The molecule has 1 aromatic rings. The first-order valence-corrected chi connectivity index (χ1v) is 7.34. The quantitative estimate of drug-likeness (QED) is 0.787. The number of carbonyl (C=O) groups excluding carboxylic acids is 2. The van der Waals surface area contributed by atoms with E-state index >= 15 is 0 Å². The molecule has 1 N–H and O–H groups in total. The third-order valence-electron chi connectivity index (χ3n) is 2.93. The monoisotopic (exact) mass is 298 g/mol. The Morgan fingerprint density at radius 2 is 2.00 bits per heavy atom. The average molecular weight is 298 g/mol. The molecular weight excluding hydrogens is 284 g/mol. The van der Waals surface area contributed by atoms with Crippen molar-refractivity contribution in [1.82, 2.24) is 9.84 Å². The van der Waals surface area contributed by atoms with Crippen LogP contribution in [0, 0.1) is 5.92 Å². The second-order valence-electron chi connectivity index (χ2n) is 4.31. The summed E-state index contributed by atoms with van der Waals surface area (Å²) in [7, 11) is -2.68. The molecule has 1 aliphatic rings. The van der Waals surface area contributed by atoms with Gasteiger partial charge >= 0.3 is 5.97 Å². The van der Waals surface area contributed by atoms with Crippen molar-refractivity contribution in [3.63, 3.8) is 0 Å². The molecule has 7 nitrogen and oxygen atoms in total. The molecule has 1 unspecified atom stereocenters. The van der Waals surface area contributed by atoms with Crippen LogP contribution in [0.15, 0.2) is 35.2 Å². The van der Waals surface area contributed by atoms with Crippen LogP contribution >= 0.6 is 0 Å². The lowest BCUT2D eigenvalue weighted by molar-refractivity contribution is -0.150. The van der Waals surface area contributed by atoms with Gasteiger partial charge in [-0.25, -0.2) is 8.42 Å². The Morgan fingerprint density at radius 1 is 1.35 bits per heavy atom. The number of hydrogen-bond donors (Lipinski definition) is 1. The fraction of sp³-hybridized carbons (Fsp3) is 0.333. The summed E-state index contributed by atoms with van der Waals surface area (Å²) < 4.78 is 30.0. The summed E-state index contributed by atoms with van der Waals surface area (Å²) in [5, 5.41) is 0. The summed E-state index contributed by atoms with van der Waals surface area (Å²) in [5.41, 5.74) is 2.26. The minimum Gasteiger partial charge on any atom is -0.469 e. The number of hydrogen-bond acceptors (Lipinski definition) is 5. The van der Waals surface area contributed by atoms with E-state index < -0.39 is 27.8 Å². The number of amides is 1. The second-order valence-corrected chi connectivity index (χ2v) is 6.17. The molecule has 1 aromatic carbocycles. The predicted molar refractivity (Wildman–Crippen MR) is 68.6 cm³/mol. The smallest absolute Gasteiger partial charge is 0.310 e. The summed E-state index contributed by atoms with van der Waals surface area (Å²) in [6.45, 7) is -0.143. The SMILES string of the molecule is COC(=O)C1CC(=O)NN(S(=O)(=O)c2ccccc2)C1. The maximum Gasteiger partial charge on any atom is 0.310 e. The van der Waals surface area contributed by atoms with Crippen LogP contribution in [0.25, 0.3) is 0 Å². The first-order valence-electron chi connectivity index (χ1n) is 5.90. The summed E-state index contributed by atoms with van der Waals surface area (Å²) in [5.74, 6) is -1.94. The van der Waals surface area contributed by atoms with Crippen LogP contribution in [0.5, 0.6) is 0 Å². The molecule has 2 rings (SSSR count). The van der Waals surface area contributed by atoms with Crippen LogP contribution in [-0.4, -0.2) is 38.4 Å². The van der Waals surface area contributed by atoms with Gasteiger partial charge in [-0.05, 0) is 12.1 Å². The van der Waals surface area contributed by atoms with Crippen LogP contribution in [0.3, 0.4) is 0 Å². The van der Waals surface area contributed by atoms with Crippen molar-refractivity contribution in [2.24, 2.45) is 5.92 Å². The van der Waals surface area contributed by atoms with Crippen LogP contribution in [0.4, 0.5) is 0 Å². The number of nitrogens with zero attached hydrogens (tertiary/aromatic N) is 1. The molecule has 1 fully saturated rings. The first kappa shape index (κ1) is 14.5. The zero-order chi connectivity index (χ0) is 14.8. The minimum atomic E-state index is -3.88. The molecule has 1 atom stereocenters. The van der Waals surface area contributed by atoms with Crippen molar-refractivity contribution in [2.75, 3.05) is 13.7 Å². The average Bonchev–Trinajstić information content (AvgIpc) is 2.46. The largest absolute Gasteiger partial charge is 0.469 e. The van der Waals surface area contributed by atoms with Gasteiger partial charge in [0.05, 0.1) is 17.9 Å². The summed E-state index contributed by atoms with van der Waals surface area (Å²) in [4.78, 5) is 23.1. The molecule has 8 heteroatoms. The van der Waals surface area contributed by atoms with E-state index in [9.17, 15) is 18.0 Å². The van der Waals surface area contributed by atoms with Gasteiger partial charge in [0.2, 0.25) is 5.91 Å². The van der Waals surface area contributed by atoms with E-state index in [1.165, 1.54) is 19.2 Å². The van der Waals surface area contributed by atoms with Crippen molar-refractivity contribution in [3.05, 3.63) is 30.3 Å². The highest BCUT2D eigenvalue weighted by atomic mass is 32.2. The molecule has 1 saturated heterocycles. The number of esters is 1.